The Bertz CT molecular complexity index is 1060. The second kappa shape index (κ2) is 7.52. The molecule has 1 amide bonds. The number of benzene rings is 2. The van der Waals surface area contributed by atoms with E-state index in [1.165, 1.54) is 0 Å². The van der Waals surface area contributed by atoms with E-state index in [9.17, 15) is 4.79 Å². The smallest absolute Gasteiger partial charge is 0.247 e. The fraction of sp³-hybridized carbons (Fsp3) is 0.348. The molecule has 1 unspecified atom stereocenters. The van der Waals surface area contributed by atoms with E-state index in [1.54, 1.807) is 0 Å². The summed E-state index contributed by atoms with van der Waals surface area (Å²) in [4.78, 5) is 16.9. The first-order valence-corrected chi connectivity index (χ1v) is 10.5. The molecule has 1 aromatic heterocycles. The molecule has 2 aliphatic heterocycles. The van der Waals surface area contributed by atoms with Gasteiger partial charge in [0.1, 0.15) is 0 Å². The van der Waals surface area contributed by atoms with Gasteiger partial charge in [0.15, 0.2) is 0 Å². The van der Waals surface area contributed by atoms with E-state index in [2.05, 4.69) is 22.1 Å². The predicted molar refractivity (Wildman–Crippen MR) is 114 cm³/mol. The van der Waals surface area contributed by atoms with Crippen molar-refractivity contribution in [1.29, 1.82) is 0 Å². The van der Waals surface area contributed by atoms with Crippen LogP contribution in [0.1, 0.15) is 23.9 Å². The van der Waals surface area contributed by atoms with Gasteiger partial charge in [0.05, 0.1) is 12.5 Å². The number of carbonyl (C=O) groups is 1. The van der Waals surface area contributed by atoms with Crippen molar-refractivity contribution in [3.05, 3.63) is 71.1 Å². The van der Waals surface area contributed by atoms with Crippen LogP contribution >= 0.6 is 11.6 Å². The normalized spacial score (nSPS) is 20.5. The van der Waals surface area contributed by atoms with Crippen molar-refractivity contribution in [3.63, 3.8) is 0 Å². The van der Waals surface area contributed by atoms with Crippen molar-refractivity contribution in [2.75, 3.05) is 26.7 Å². The Morgan fingerprint density at radius 3 is 2.60 bits per heavy atom. The Kier molecular flexibility index (Phi) is 4.83. The maximum absolute atomic E-state index is 12.7. The number of hydrogen-bond donors (Lipinski definition) is 0. The first-order chi connectivity index (χ1) is 14.5. The Hall–Kier alpha value is -2.70. The van der Waals surface area contributed by atoms with Crippen LogP contribution in [0.25, 0.3) is 11.5 Å². The minimum atomic E-state index is 0.0794. The molecular weight excluding hydrogens is 400 g/mol. The van der Waals surface area contributed by atoms with Gasteiger partial charge < -0.3 is 9.32 Å². The van der Waals surface area contributed by atoms with Gasteiger partial charge in [-0.05, 0) is 37.2 Å². The average Bonchev–Trinajstić information content (AvgIpc) is 3.34. The molecule has 5 rings (SSSR count). The highest BCUT2D eigenvalue weighted by atomic mass is 35.5. The van der Waals surface area contributed by atoms with Crippen LogP contribution in [0.2, 0.25) is 5.02 Å². The fourth-order valence-corrected chi connectivity index (χ4v) is 4.90. The van der Waals surface area contributed by atoms with Gasteiger partial charge in [-0.1, -0.05) is 48.0 Å². The third-order valence-corrected chi connectivity index (χ3v) is 6.56. The van der Waals surface area contributed by atoms with Crippen LogP contribution in [0, 0.1) is 5.41 Å². The van der Waals surface area contributed by atoms with Crippen molar-refractivity contribution in [2.45, 2.75) is 18.9 Å². The second-order valence-electron chi connectivity index (χ2n) is 8.46. The van der Waals surface area contributed by atoms with E-state index in [4.69, 9.17) is 16.0 Å². The molecule has 6 nitrogen and oxygen atoms in total. The molecule has 3 aromatic rings. The van der Waals surface area contributed by atoms with E-state index >= 15 is 0 Å². The summed E-state index contributed by atoms with van der Waals surface area (Å²) in [7, 11) is 2.08. The van der Waals surface area contributed by atoms with Crippen molar-refractivity contribution in [2.24, 2.45) is 5.41 Å². The highest BCUT2D eigenvalue weighted by molar-refractivity contribution is 6.31. The molecule has 154 valence electrons. The number of halogens is 1. The van der Waals surface area contributed by atoms with E-state index in [0.29, 0.717) is 23.2 Å². The number of aromatic nitrogens is 2. The Morgan fingerprint density at radius 1 is 1.10 bits per heavy atom. The maximum Gasteiger partial charge on any atom is 0.247 e. The number of rotatable bonds is 4. The zero-order valence-electron chi connectivity index (χ0n) is 16.8. The quantitative estimate of drug-likeness (QED) is 0.639. The van der Waals surface area contributed by atoms with Gasteiger partial charge in [0.25, 0.3) is 0 Å². The molecule has 7 heteroatoms. The molecule has 1 spiro atoms. The molecule has 2 fully saturated rings. The topological polar surface area (TPSA) is 62.5 Å². The van der Waals surface area contributed by atoms with Gasteiger partial charge in [-0.3, -0.25) is 9.69 Å². The number of nitrogens with zero attached hydrogens (tertiary/aromatic N) is 4. The summed E-state index contributed by atoms with van der Waals surface area (Å²) in [5.41, 5.74) is 1.90. The van der Waals surface area contributed by atoms with Crippen molar-refractivity contribution < 1.29 is 9.21 Å². The van der Waals surface area contributed by atoms with Crippen molar-refractivity contribution >= 4 is 17.5 Å². The summed E-state index contributed by atoms with van der Waals surface area (Å²) in [6.45, 7) is 2.43. The largest absolute Gasteiger partial charge is 0.419 e. The number of likely N-dealkylation sites (tertiary alicyclic amines) is 2. The summed E-state index contributed by atoms with van der Waals surface area (Å²) in [5, 5.41) is 9.20. The van der Waals surface area contributed by atoms with Crippen LogP contribution in [-0.2, 0) is 11.2 Å². The van der Waals surface area contributed by atoms with Gasteiger partial charge in [0, 0.05) is 35.6 Å². The third-order valence-electron chi connectivity index (χ3n) is 6.19. The van der Waals surface area contributed by atoms with Crippen LogP contribution in [0.15, 0.2) is 59.0 Å². The first kappa shape index (κ1) is 19.3. The molecule has 2 aromatic carbocycles. The monoisotopic (exact) mass is 422 g/mol. The zero-order chi connectivity index (χ0) is 20.7. The molecular formula is C23H23ClN4O2. The summed E-state index contributed by atoms with van der Waals surface area (Å²) in [5.74, 6) is 1.32. The molecule has 0 aliphatic carbocycles. The minimum Gasteiger partial charge on any atom is -0.419 e. The minimum absolute atomic E-state index is 0.0794. The Morgan fingerprint density at radius 2 is 1.83 bits per heavy atom. The lowest BCUT2D eigenvalue weighted by atomic mass is 9.77. The third kappa shape index (κ3) is 3.50. The van der Waals surface area contributed by atoms with Gasteiger partial charge >= 0.3 is 0 Å². The lowest BCUT2D eigenvalue weighted by molar-refractivity contribution is -0.141. The van der Waals surface area contributed by atoms with Gasteiger partial charge in [-0.2, -0.15) is 0 Å². The van der Waals surface area contributed by atoms with Gasteiger partial charge in [-0.25, -0.2) is 0 Å². The van der Waals surface area contributed by atoms with Crippen LogP contribution in [-0.4, -0.2) is 52.6 Å². The Balaban J connectivity index is 1.23. The van der Waals surface area contributed by atoms with Crippen LogP contribution in [0.3, 0.4) is 0 Å². The van der Waals surface area contributed by atoms with Crippen LogP contribution < -0.4 is 0 Å². The SMILES string of the molecule is CN1CC2(CC1c1nnc(-c3ccccc3)o1)CN(C(=O)Cc1ccccc1Cl)C2. The molecule has 3 heterocycles. The lowest BCUT2D eigenvalue weighted by Crippen LogP contribution is -2.59. The molecule has 1 atom stereocenters. The molecule has 0 saturated carbocycles. The number of hydrogen-bond acceptors (Lipinski definition) is 5. The highest BCUT2D eigenvalue weighted by Gasteiger charge is 2.53. The summed E-state index contributed by atoms with van der Waals surface area (Å²) < 4.78 is 5.99. The van der Waals surface area contributed by atoms with Crippen LogP contribution in [0.4, 0.5) is 0 Å². The molecule has 30 heavy (non-hydrogen) atoms. The van der Waals surface area contributed by atoms with E-state index < -0.39 is 0 Å². The highest BCUT2D eigenvalue weighted by Crippen LogP contribution is 2.47. The Labute approximate surface area is 180 Å². The van der Waals surface area contributed by atoms with Gasteiger partial charge in [-0.15, -0.1) is 10.2 Å². The number of carbonyl (C=O) groups excluding carboxylic acids is 1. The summed E-state index contributed by atoms with van der Waals surface area (Å²) >= 11 is 6.21. The first-order valence-electron chi connectivity index (χ1n) is 10.1. The average molecular weight is 423 g/mol. The van der Waals surface area contributed by atoms with E-state index in [1.807, 2.05) is 59.5 Å². The lowest BCUT2D eigenvalue weighted by Gasteiger charge is -2.48. The van der Waals surface area contributed by atoms with E-state index in [0.717, 1.165) is 37.2 Å². The van der Waals surface area contributed by atoms with E-state index in [-0.39, 0.29) is 17.4 Å². The standard InChI is InChI=1S/C23H23ClN4O2/c1-27-13-23(14-28(15-23)20(29)11-17-9-5-6-10-18(17)24)12-19(27)22-26-25-21(30-22)16-7-3-2-4-8-16/h2-10,19H,11-15H2,1H3. The number of amides is 1. The van der Waals surface area contributed by atoms with Crippen LogP contribution in [0.5, 0.6) is 0 Å². The summed E-state index contributed by atoms with van der Waals surface area (Å²) in [6, 6.07) is 17.4. The predicted octanol–water partition coefficient (Wildman–Crippen LogP) is 3.84. The molecule has 0 bridgehead atoms. The summed E-state index contributed by atoms with van der Waals surface area (Å²) in [6.07, 6.45) is 1.26. The molecule has 0 N–H and O–H groups in total. The molecule has 0 radical (unpaired) electrons. The molecule has 2 saturated heterocycles. The van der Waals surface area contributed by atoms with Gasteiger partial charge in [0.2, 0.25) is 17.7 Å². The maximum atomic E-state index is 12.7. The zero-order valence-corrected chi connectivity index (χ0v) is 17.5. The second-order valence-corrected chi connectivity index (χ2v) is 8.87. The fourth-order valence-electron chi connectivity index (χ4n) is 4.70. The van der Waals surface area contributed by atoms with Crippen molar-refractivity contribution in [1.82, 2.24) is 20.0 Å². The van der Waals surface area contributed by atoms with Crippen molar-refractivity contribution in [3.8, 4) is 11.5 Å². The molecule has 2 aliphatic rings.